The summed E-state index contributed by atoms with van der Waals surface area (Å²) in [7, 11) is 0. The number of nitriles is 1. The Balaban J connectivity index is 2.15. The molecule has 0 saturated heterocycles. The number of primary amides is 1. The molecule has 0 unspecified atom stereocenters. The largest absolute Gasteiger partial charge is 0.490 e. The molecular weight excluding hydrogens is 320 g/mol. The zero-order valence-corrected chi connectivity index (χ0v) is 13.7. The quantitative estimate of drug-likeness (QED) is 0.597. The van der Waals surface area contributed by atoms with Crippen LogP contribution in [0, 0.1) is 11.3 Å². The molecule has 2 aromatic carbocycles. The number of nitrogens with zero attached hydrogens (tertiary/aromatic N) is 2. The number of benzene rings is 2. The van der Waals surface area contributed by atoms with E-state index in [9.17, 15) is 4.79 Å². The highest BCUT2D eigenvalue weighted by molar-refractivity contribution is 5.82. The van der Waals surface area contributed by atoms with E-state index < -0.39 is 6.03 Å². The standard InChI is InChI=1S/C18H18N4O3/c1-2-24-17-9-13(11-21-22-18(20)23)7-8-16(17)25-12-15-6-4-3-5-14(15)10-19/h3-9,11H,2,12H2,1H3,(H3,20,22,23)/b21-11-. The number of nitrogens with one attached hydrogen (secondary N) is 1. The number of nitrogens with two attached hydrogens (primary N) is 1. The van der Waals surface area contributed by atoms with Crippen LogP contribution in [0.2, 0.25) is 0 Å². The molecule has 0 aliphatic heterocycles. The van der Waals surface area contributed by atoms with E-state index in [1.807, 2.05) is 25.1 Å². The smallest absolute Gasteiger partial charge is 0.332 e. The molecule has 0 fully saturated rings. The number of hydrazone groups is 1. The SMILES string of the molecule is CCOc1cc(/C=N\NC(N)=O)ccc1OCc1ccccc1C#N. The van der Waals surface area contributed by atoms with Gasteiger partial charge < -0.3 is 15.2 Å². The highest BCUT2D eigenvalue weighted by Crippen LogP contribution is 2.29. The second-order valence-corrected chi connectivity index (χ2v) is 4.93. The maximum Gasteiger partial charge on any atom is 0.332 e. The topological polar surface area (TPSA) is 110 Å². The van der Waals surface area contributed by atoms with Crippen LogP contribution in [0.4, 0.5) is 4.79 Å². The molecule has 0 atom stereocenters. The number of hydrogen-bond donors (Lipinski definition) is 2. The van der Waals surface area contributed by atoms with Crippen molar-refractivity contribution < 1.29 is 14.3 Å². The van der Waals surface area contributed by atoms with Crippen molar-refractivity contribution >= 4 is 12.2 Å². The molecule has 0 aromatic heterocycles. The van der Waals surface area contributed by atoms with Crippen LogP contribution in [0.15, 0.2) is 47.6 Å². The molecule has 0 heterocycles. The molecule has 25 heavy (non-hydrogen) atoms. The maximum absolute atomic E-state index is 10.6. The molecule has 3 N–H and O–H groups in total. The summed E-state index contributed by atoms with van der Waals surface area (Å²) >= 11 is 0. The van der Waals surface area contributed by atoms with Crippen LogP contribution in [0.25, 0.3) is 0 Å². The van der Waals surface area contributed by atoms with Crippen molar-refractivity contribution in [2.24, 2.45) is 10.8 Å². The molecule has 0 spiro atoms. The number of rotatable bonds is 7. The van der Waals surface area contributed by atoms with Gasteiger partial charge in [0.2, 0.25) is 0 Å². The normalized spacial score (nSPS) is 10.2. The van der Waals surface area contributed by atoms with Gasteiger partial charge in [0.25, 0.3) is 0 Å². The van der Waals surface area contributed by atoms with Crippen LogP contribution in [-0.2, 0) is 6.61 Å². The van der Waals surface area contributed by atoms with Gasteiger partial charge in [-0.1, -0.05) is 18.2 Å². The zero-order valence-electron chi connectivity index (χ0n) is 13.7. The number of ether oxygens (including phenoxy) is 2. The second-order valence-electron chi connectivity index (χ2n) is 4.93. The minimum atomic E-state index is -0.739. The van der Waals surface area contributed by atoms with Gasteiger partial charge in [-0.15, -0.1) is 0 Å². The average molecular weight is 338 g/mol. The van der Waals surface area contributed by atoms with Crippen molar-refractivity contribution in [3.8, 4) is 17.6 Å². The molecule has 2 rings (SSSR count). The summed E-state index contributed by atoms with van der Waals surface area (Å²) in [6, 6.07) is 13.9. The van der Waals surface area contributed by atoms with Crippen LogP contribution in [-0.4, -0.2) is 18.9 Å². The fourth-order valence-corrected chi connectivity index (χ4v) is 2.07. The molecule has 128 valence electrons. The summed E-state index contributed by atoms with van der Waals surface area (Å²) in [5.41, 5.74) is 9.15. The van der Waals surface area contributed by atoms with E-state index in [1.54, 1.807) is 24.3 Å². The van der Waals surface area contributed by atoms with Gasteiger partial charge in [-0.25, -0.2) is 10.2 Å². The lowest BCUT2D eigenvalue weighted by Crippen LogP contribution is -2.24. The van der Waals surface area contributed by atoms with Crippen LogP contribution in [0.1, 0.15) is 23.6 Å². The van der Waals surface area contributed by atoms with E-state index in [1.165, 1.54) is 6.21 Å². The molecule has 0 aliphatic carbocycles. The summed E-state index contributed by atoms with van der Waals surface area (Å²) in [4.78, 5) is 10.6. The predicted octanol–water partition coefficient (Wildman–Crippen LogP) is 2.54. The number of amides is 2. The van der Waals surface area contributed by atoms with Gasteiger partial charge in [0.15, 0.2) is 11.5 Å². The maximum atomic E-state index is 10.6. The van der Waals surface area contributed by atoms with Gasteiger partial charge in [-0.2, -0.15) is 10.4 Å². The molecule has 0 bridgehead atoms. The number of urea groups is 1. The number of carbonyl (C=O) groups excluding carboxylic acids is 1. The summed E-state index contributed by atoms with van der Waals surface area (Å²) in [6.45, 7) is 2.58. The third kappa shape index (κ3) is 5.25. The van der Waals surface area contributed by atoms with E-state index in [4.69, 9.17) is 20.5 Å². The summed E-state index contributed by atoms with van der Waals surface area (Å²) in [5, 5.41) is 12.8. The van der Waals surface area contributed by atoms with Crippen molar-refractivity contribution in [3.05, 3.63) is 59.2 Å². The van der Waals surface area contributed by atoms with E-state index in [2.05, 4.69) is 16.6 Å². The lowest BCUT2D eigenvalue weighted by atomic mass is 10.1. The first kappa shape index (κ1) is 17.8. The molecule has 2 amide bonds. The predicted molar refractivity (Wildman–Crippen MR) is 93.4 cm³/mol. The highest BCUT2D eigenvalue weighted by atomic mass is 16.5. The molecule has 2 aromatic rings. The van der Waals surface area contributed by atoms with Gasteiger partial charge in [0, 0.05) is 5.56 Å². The van der Waals surface area contributed by atoms with E-state index in [0.717, 1.165) is 5.56 Å². The van der Waals surface area contributed by atoms with Crippen LogP contribution in [0.5, 0.6) is 11.5 Å². The third-order valence-corrected chi connectivity index (χ3v) is 3.18. The first-order valence-electron chi connectivity index (χ1n) is 7.60. The lowest BCUT2D eigenvalue weighted by Gasteiger charge is -2.13. The van der Waals surface area contributed by atoms with Crippen molar-refractivity contribution in [2.75, 3.05) is 6.61 Å². The Morgan fingerprint density at radius 3 is 2.80 bits per heavy atom. The van der Waals surface area contributed by atoms with Gasteiger partial charge in [0.1, 0.15) is 6.61 Å². The zero-order chi connectivity index (χ0) is 18.1. The first-order valence-corrected chi connectivity index (χ1v) is 7.60. The number of carbonyl (C=O) groups is 1. The molecular formula is C18H18N4O3. The fraction of sp³-hybridized carbons (Fsp3) is 0.167. The monoisotopic (exact) mass is 338 g/mol. The Labute approximate surface area is 145 Å². The second kappa shape index (κ2) is 8.93. The van der Waals surface area contributed by atoms with Gasteiger partial charge in [0.05, 0.1) is 24.5 Å². The number of hydrogen-bond acceptors (Lipinski definition) is 5. The van der Waals surface area contributed by atoms with Crippen molar-refractivity contribution in [3.63, 3.8) is 0 Å². The van der Waals surface area contributed by atoms with E-state index in [-0.39, 0.29) is 6.61 Å². The average Bonchev–Trinajstić information content (AvgIpc) is 2.61. The Kier molecular flexibility index (Phi) is 6.37. The molecule has 7 heteroatoms. The molecule has 0 aliphatic rings. The van der Waals surface area contributed by atoms with Crippen molar-refractivity contribution in [2.45, 2.75) is 13.5 Å². The van der Waals surface area contributed by atoms with Gasteiger partial charge >= 0.3 is 6.03 Å². The lowest BCUT2D eigenvalue weighted by molar-refractivity contribution is 0.249. The highest BCUT2D eigenvalue weighted by Gasteiger charge is 2.08. The third-order valence-electron chi connectivity index (χ3n) is 3.18. The van der Waals surface area contributed by atoms with Gasteiger partial charge in [-0.3, -0.25) is 0 Å². The Bertz CT molecular complexity index is 812. The van der Waals surface area contributed by atoms with Gasteiger partial charge in [-0.05, 0) is 36.8 Å². The minimum Gasteiger partial charge on any atom is -0.490 e. The summed E-state index contributed by atoms with van der Waals surface area (Å²) in [6.07, 6.45) is 1.45. The first-order chi connectivity index (χ1) is 12.1. The Morgan fingerprint density at radius 1 is 1.28 bits per heavy atom. The summed E-state index contributed by atoms with van der Waals surface area (Å²) in [5.74, 6) is 1.09. The van der Waals surface area contributed by atoms with Crippen LogP contribution < -0.4 is 20.6 Å². The molecule has 0 saturated carbocycles. The van der Waals surface area contributed by atoms with E-state index >= 15 is 0 Å². The van der Waals surface area contributed by atoms with Crippen LogP contribution >= 0.6 is 0 Å². The van der Waals surface area contributed by atoms with Crippen molar-refractivity contribution in [1.82, 2.24) is 5.43 Å². The minimum absolute atomic E-state index is 0.250. The fourth-order valence-electron chi connectivity index (χ4n) is 2.07. The van der Waals surface area contributed by atoms with Crippen molar-refractivity contribution in [1.29, 1.82) is 5.26 Å². The Hall–Kier alpha value is -3.53. The van der Waals surface area contributed by atoms with E-state index in [0.29, 0.717) is 29.2 Å². The Morgan fingerprint density at radius 2 is 2.08 bits per heavy atom. The molecule has 7 nitrogen and oxygen atoms in total. The van der Waals surface area contributed by atoms with Crippen LogP contribution in [0.3, 0.4) is 0 Å². The summed E-state index contributed by atoms with van der Waals surface area (Å²) < 4.78 is 11.4. The molecule has 0 radical (unpaired) electrons.